The van der Waals surface area contributed by atoms with Gasteiger partial charge in [0.05, 0.1) is 0 Å². The monoisotopic (exact) mass is 233 g/mol. The van der Waals surface area contributed by atoms with E-state index in [2.05, 4.69) is 16.6 Å². The number of azide groups is 1. The van der Waals surface area contributed by atoms with E-state index in [9.17, 15) is 4.79 Å². The Kier molecular flexibility index (Phi) is 4.59. The zero-order valence-electron chi connectivity index (χ0n) is 8.98. The highest BCUT2D eigenvalue weighted by molar-refractivity contribution is 5.75. The van der Waals surface area contributed by atoms with Gasteiger partial charge in [-0.05, 0) is 23.2 Å². The fourth-order valence-corrected chi connectivity index (χ4v) is 1.24. The molecule has 1 rings (SSSR count). The molecule has 0 heterocycles. The van der Waals surface area contributed by atoms with Crippen LogP contribution in [0.3, 0.4) is 0 Å². The third kappa shape index (κ3) is 3.55. The molecule has 0 amide bonds. The standard InChI is InChI=1S/C11H11N3O3/c1-2-6-17-9-5-3-4-8(7-9)10(11(15)16)13-14-12/h2-5,7,10H,1,6H2,(H,15,16). The van der Waals surface area contributed by atoms with Crippen molar-refractivity contribution in [3.8, 4) is 5.75 Å². The summed E-state index contributed by atoms with van der Waals surface area (Å²) in [4.78, 5) is 13.4. The van der Waals surface area contributed by atoms with Crippen molar-refractivity contribution in [2.75, 3.05) is 6.61 Å². The summed E-state index contributed by atoms with van der Waals surface area (Å²) in [6.45, 7) is 3.83. The van der Waals surface area contributed by atoms with Gasteiger partial charge >= 0.3 is 5.97 Å². The molecule has 1 atom stereocenters. The molecular formula is C11H11N3O3. The van der Waals surface area contributed by atoms with E-state index in [-0.39, 0.29) is 0 Å². The first-order valence-electron chi connectivity index (χ1n) is 4.79. The van der Waals surface area contributed by atoms with Crippen molar-refractivity contribution in [2.45, 2.75) is 6.04 Å². The number of carbonyl (C=O) groups is 1. The average molecular weight is 233 g/mol. The number of rotatable bonds is 6. The molecule has 0 radical (unpaired) electrons. The van der Waals surface area contributed by atoms with E-state index in [4.69, 9.17) is 15.4 Å². The molecule has 0 fully saturated rings. The molecule has 0 aliphatic heterocycles. The molecule has 0 aliphatic carbocycles. The highest BCUT2D eigenvalue weighted by Crippen LogP contribution is 2.22. The quantitative estimate of drug-likeness (QED) is 0.354. The smallest absolute Gasteiger partial charge is 0.316 e. The first-order valence-corrected chi connectivity index (χ1v) is 4.79. The van der Waals surface area contributed by atoms with Crippen LogP contribution in [0.4, 0.5) is 0 Å². The van der Waals surface area contributed by atoms with Crippen LogP contribution in [-0.4, -0.2) is 17.7 Å². The Bertz CT molecular complexity index is 465. The van der Waals surface area contributed by atoms with Gasteiger partial charge in [-0.3, -0.25) is 4.79 Å². The van der Waals surface area contributed by atoms with E-state index in [1.807, 2.05) is 0 Å². The van der Waals surface area contributed by atoms with Crippen molar-refractivity contribution < 1.29 is 14.6 Å². The van der Waals surface area contributed by atoms with Crippen LogP contribution >= 0.6 is 0 Å². The molecule has 1 N–H and O–H groups in total. The second kappa shape index (κ2) is 6.19. The second-order valence-electron chi connectivity index (χ2n) is 3.12. The molecule has 6 nitrogen and oxygen atoms in total. The maximum absolute atomic E-state index is 10.9. The van der Waals surface area contributed by atoms with Gasteiger partial charge in [0.15, 0.2) is 6.04 Å². The molecule has 0 saturated carbocycles. The van der Waals surface area contributed by atoms with E-state index < -0.39 is 12.0 Å². The van der Waals surface area contributed by atoms with Crippen molar-refractivity contribution in [3.63, 3.8) is 0 Å². The third-order valence-corrected chi connectivity index (χ3v) is 1.94. The summed E-state index contributed by atoms with van der Waals surface area (Å²) < 4.78 is 5.26. The van der Waals surface area contributed by atoms with E-state index in [1.54, 1.807) is 24.3 Å². The lowest BCUT2D eigenvalue weighted by molar-refractivity contribution is -0.138. The van der Waals surface area contributed by atoms with Crippen molar-refractivity contribution in [2.24, 2.45) is 5.11 Å². The lowest BCUT2D eigenvalue weighted by Gasteiger charge is -2.08. The largest absolute Gasteiger partial charge is 0.490 e. The van der Waals surface area contributed by atoms with E-state index in [0.29, 0.717) is 17.9 Å². The highest BCUT2D eigenvalue weighted by Gasteiger charge is 2.18. The van der Waals surface area contributed by atoms with Gasteiger partial charge in [0.1, 0.15) is 12.4 Å². The Hall–Kier alpha value is -2.46. The summed E-state index contributed by atoms with van der Waals surface area (Å²) >= 11 is 0. The zero-order chi connectivity index (χ0) is 12.7. The Morgan fingerprint density at radius 1 is 1.71 bits per heavy atom. The normalized spacial score (nSPS) is 11.1. The summed E-state index contributed by atoms with van der Waals surface area (Å²) in [6.07, 6.45) is 1.58. The summed E-state index contributed by atoms with van der Waals surface area (Å²) in [6, 6.07) is 5.16. The van der Waals surface area contributed by atoms with Gasteiger partial charge < -0.3 is 9.84 Å². The van der Waals surface area contributed by atoms with Crippen LogP contribution in [0.25, 0.3) is 10.4 Å². The molecule has 0 saturated heterocycles. The van der Waals surface area contributed by atoms with Gasteiger partial charge in [0, 0.05) is 4.91 Å². The van der Waals surface area contributed by atoms with Crippen LogP contribution in [0.2, 0.25) is 0 Å². The predicted molar refractivity (Wildman–Crippen MR) is 61.7 cm³/mol. The fourth-order valence-electron chi connectivity index (χ4n) is 1.24. The minimum atomic E-state index is -1.24. The second-order valence-corrected chi connectivity index (χ2v) is 3.12. The van der Waals surface area contributed by atoms with E-state index >= 15 is 0 Å². The number of carboxylic acids is 1. The summed E-state index contributed by atoms with van der Waals surface area (Å²) in [5.41, 5.74) is 8.68. The van der Waals surface area contributed by atoms with Crippen LogP contribution in [-0.2, 0) is 4.79 Å². The molecule has 0 aliphatic rings. The average Bonchev–Trinajstić information content (AvgIpc) is 2.33. The highest BCUT2D eigenvalue weighted by atomic mass is 16.5. The number of nitrogens with zero attached hydrogens (tertiary/aromatic N) is 3. The predicted octanol–water partition coefficient (Wildman–Crippen LogP) is 2.69. The lowest BCUT2D eigenvalue weighted by Crippen LogP contribution is -2.08. The number of benzene rings is 1. The van der Waals surface area contributed by atoms with Gasteiger partial charge in [-0.25, -0.2) is 0 Å². The van der Waals surface area contributed by atoms with E-state index in [0.717, 1.165) is 0 Å². The molecule has 1 aromatic rings. The van der Waals surface area contributed by atoms with Crippen molar-refractivity contribution >= 4 is 5.97 Å². The van der Waals surface area contributed by atoms with Gasteiger partial charge in [0.25, 0.3) is 0 Å². The summed E-state index contributed by atoms with van der Waals surface area (Å²) in [5, 5.41) is 12.1. The Labute approximate surface area is 97.8 Å². The lowest BCUT2D eigenvalue weighted by atomic mass is 10.1. The molecule has 1 unspecified atom stereocenters. The number of hydrogen-bond acceptors (Lipinski definition) is 3. The van der Waals surface area contributed by atoms with Crippen molar-refractivity contribution in [3.05, 3.63) is 52.9 Å². The molecule has 88 valence electrons. The van der Waals surface area contributed by atoms with Gasteiger partial charge in [0.2, 0.25) is 0 Å². The van der Waals surface area contributed by atoms with Gasteiger partial charge in [-0.15, -0.1) is 0 Å². The van der Waals surface area contributed by atoms with Gasteiger partial charge in [-0.1, -0.05) is 29.9 Å². The molecule has 6 heteroatoms. The fraction of sp³-hybridized carbons (Fsp3) is 0.182. The number of carboxylic acid groups (broad SMARTS) is 1. The van der Waals surface area contributed by atoms with Crippen LogP contribution in [0.15, 0.2) is 42.0 Å². The molecule has 0 bridgehead atoms. The maximum atomic E-state index is 10.9. The van der Waals surface area contributed by atoms with Crippen molar-refractivity contribution in [1.29, 1.82) is 0 Å². The number of hydrogen-bond donors (Lipinski definition) is 1. The Morgan fingerprint density at radius 2 is 2.47 bits per heavy atom. The van der Waals surface area contributed by atoms with Gasteiger partial charge in [-0.2, -0.15) is 0 Å². The first kappa shape index (κ1) is 12.6. The molecule has 1 aromatic carbocycles. The number of ether oxygens (including phenoxy) is 1. The topological polar surface area (TPSA) is 95.3 Å². The van der Waals surface area contributed by atoms with Crippen LogP contribution in [0.5, 0.6) is 5.75 Å². The van der Waals surface area contributed by atoms with Crippen molar-refractivity contribution in [1.82, 2.24) is 0 Å². The summed E-state index contributed by atoms with van der Waals surface area (Å²) in [5.74, 6) is -0.703. The maximum Gasteiger partial charge on any atom is 0.316 e. The Balaban J connectivity index is 2.99. The molecule has 0 aromatic heterocycles. The minimum absolute atomic E-state index is 0.322. The third-order valence-electron chi connectivity index (χ3n) is 1.94. The van der Waals surface area contributed by atoms with Crippen LogP contribution in [0.1, 0.15) is 11.6 Å². The minimum Gasteiger partial charge on any atom is -0.490 e. The SMILES string of the molecule is C=CCOc1cccc(C(N=[N+]=[N-])C(=O)O)c1. The van der Waals surface area contributed by atoms with Crippen LogP contribution in [0, 0.1) is 0 Å². The first-order chi connectivity index (χ1) is 8.19. The molecule has 0 spiro atoms. The molecule has 17 heavy (non-hydrogen) atoms. The van der Waals surface area contributed by atoms with E-state index in [1.165, 1.54) is 6.07 Å². The Morgan fingerprint density at radius 3 is 3.06 bits per heavy atom. The summed E-state index contributed by atoms with van der Waals surface area (Å²) in [7, 11) is 0. The van der Waals surface area contributed by atoms with Crippen LogP contribution < -0.4 is 4.74 Å². The number of aliphatic carboxylic acids is 1. The molecular weight excluding hydrogens is 222 g/mol. The zero-order valence-corrected chi connectivity index (χ0v) is 8.98.